The second-order valence-corrected chi connectivity index (χ2v) is 9.50. The highest BCUT2D eigenvalue weighted by Crippen LogP contribution is 2.35. The highest BCUT2D eigenvalue weighted by atomic mass is 32.2. The molecule has 0 radical (unpaired) electrons. The Labute approximate surface area is 176 Å². The van der Waals surface area contributed by atoms with Gasteiger partial charge in [-0.1, -0.05) is 18.2 Å². The molecule has 158 valence electrons. The predicted octanol–water partition coefficient (Wildman–Crippen LogP) is 2.97. The summed E-state index contributed by atoms with van der Waals surface area (Å²) in [5, 5.41) is 8.74. The third-order valence-corrected chi connectivity index (χ3v) is 7.49. The second-order valence-electron chi connectivity index (χ2n) is 7.64. The topological polar surface area (TPSA) is 95.0 Å². The number of rotatable bonds is 6. The average molecular weight is 429 g/mol. The number of benzene rings is 2. The molecule has 0 aromatic heterocycles. The van der Waals surface area contributed by atoms with E-state index in [-0.39, 0.29) is 23.6 Å². The molecule has 0 spiro atoms. The number of anilines is 2. The number of aliphatic carboxylic acids is 1. The molecule has 2 aromatic carbocycles. The van der Waals surface area contributed by atoms with Crippen molar-refractivity contribution in [2.75, 3.05) is 22.3 Å². The van der Waals surface area contributed by atoms with Crippen LogP contribution in [0.15, 0.2) is 47.4 Å². The lowest BCUT2D eigenvalue weighted by Gasteiger charge is -2.30. The molecule has 0 atom stereocenters. The summed E-state index contributed by atoms with van der Waals surface area (Å²) in [7, 11) is -3.69. The Morgan fingerprint density at radius 3 is 2.53 bits per heavy atom. The zero-order valence-electron chi connectivity index (χ0n) is 16.6. The van der Waals surface area contributed by atoms with Gasteiger partial charge in [0.2, 0.25) is 5.91 Å². The third kappa shape index (κ3) is 3.79. The van der Waals surface area contributed by atoms with Gasteiger partial charge in [0.15, 0.2) is 0 Å². The molecular weight excluding hydrogens is 404 g/mol. The number of hydrogen-bond acceptors (Lipinski definition) is 4. The van der Waals surface area contributed by atoms with Gasteiger partial charge in [0.05, 0.1) is 10.6 Å². The maximum Gasteiger partial charge on any atom is 0.303 e. The van der Waals surface area contributed by atoms with Crippen molar-refractivity contribution < 1.29 is 23.1 Å². The van der Waals surface area contributed by atoms with Crippen LogP contribution >= 0.6 is 0 Å². The normalized spacial score (nSPS) is 15.6. The average Bonchev–Trinajstić information content (AvgIpc) is 3.16. The van der Waals surface area contributed by atoms with Crippen LogP contribution in [0.2, 0.25) is 0 Å². The monoisotopic (exact) mass is 428 g/mol. The van der Waals surface area contributed by atoms with Gasteiger partial charge in [0.1, 0.15) is 0 Å². The van der Waals surface area contributed by atoms with Crippen molar-refractivity contribution in [3.8, 4) is 0 Å². The van der Waals surface area contributed by atoms with Gasteiger partial charge in [-0.3, -0.25) is 13.9 Å². The van der Waals surface area contributed by atoms with E-state index in [1.54, 1.807) is 23.1 Å². The zero-order valence-corrected chi connectivity index (χ0v) is 17.4. The van der Waals surface area contributed by atoms with Gasteiger partial charge in [-0.2, -0.15) is 0 Å². The van der Waals surface area contributed by atoms with Gasteiger partial charge >= 0.3 is 5.97 Å². The summed E-state index contributed by atoms with van der Waals surface area (Å²) >= 11 is 0. The third-order valence-electron chi connectivity index (χ3n) is 5.68. The SMILES string of the molecule is O=C(O)CCCC(=O)N1CCc2cc(S(=O)(=O)N3CCCc4ccccc43)ccc21. The van der Waals surface area contributed by atoms with Crippen LogP contribution in [0.4, 0.5) is 11.4 Å². The number of carboxylic acid groups (broad SMARTS) is 1. The molecule has 2 heterocycles. The Bertz CT molecular complexity index is 1100. The molecule has 30 heavy (non-hydrogen) atoms. The molecule has 2 aliphatic heterocycles. The van der Waals surface area contributed by atoms with Crippen molar-refractivity contribution in [2.24, 2.45) is 0 Å². The minimum absolute atomic E-state index is 0.0407. The van der Waals surface area contributed by atoms with Crippen LogP contribution in [0.3, 0.4) is 0 Å². The first kappa shape index (κ1) is 20.4. The summed E-state index contributed by atoms with van der Waals surface area (Å²) in [4.78, 5) is 25.0. The number of carboxylic acids is 1. The second kappa shape index (κ2) is 8.10. The van der Waals surface area contributed by atoms with Crippen molar-refractivity contribution in [1.29, 1.82) is 0 Å². The number of fused-ring (bicyclic) bond motifs is 2. The van der Waals surface area contributed by atoms with Gasteiger partial charge in [0, 0.05) is 31.6 Å². The van der Waals surface area contributed by atoms with Crippen molar-refractivity contribution in [1.82, 2.24) is 0 Å². The molecule has 0 saturated heterocycles. The molecular formula is C22H24N2O5S. The molecule has 0 bridgehead atoms. The number of carbonyl (C=O) groups is 2. The quantitative estimate of drug-likeness (QED) is 0.763. The zero-order chi connectivity index (χ0) is 21.3. The van der Waals surface area contributed by atoms with Crippen molar-refractivity contribution in [2.45, 2.75) is 43.4 Å². The van der Waals surface area contributed by atoms with E-state index < -0.39 is 16.0 Å². The number of amides is 1. The number of hydrogen-bond donors (Lipinski definition) is 1. The largest absolute Gasteiger partial charge is 0.481 e. The van der Waals surface area contributed by atoms with Crippen molar-refractivity contribution in [3.05, 3.63) is 53.6 Å². The fourth-order valence-electron chi connectivity index (χ4n) is 4.20. The standard InChI is InChI=1S/C22H24N2O5S/c25-21(8-3-9-22(26)27)23-14-12-17-15-18(10-11-19(17)23)30(28,29)24-13-4-6-16-5-1-2-7-20(16)24/h1-2,5,7,10-11,15H,3-4,6,8-9,12-14H2,(H,26,27). The summed E-state index contributed by atoms with van der Waals surface area (Å²) in [5.41, 5.74) is 3.31. The number of carbonyl (C=O) groups excluding carboxylic acids is 1. The van der Waals surface area contributed by atoms with E-state index in [0.717, 1.165) is 29.7 Å². The number of para-hydroxylation sites is 1. The molecule has 1 amide bonds. The Kier molecular flexibility index (Phi) is 5.51. The van der Waals surface area contributed by atoms with Crippen molar-refractivity contribution in [3.63, 3.8) is 0 Å². The summed E-state index contributed by atoms with van der Waals surface area (Å²) in [6, 6.07) is 12.5. The van der Waals surface area contributed by atoms with Crippen LogP contribution in [0.1, 0.15) is 36.8 Å². The molecule has 2 aromatic rings. The summed E-state index contributed by atoms with van der Waals surface area (Å²) < 4.78 is 28.2. The Morgan fingerprint density at radius 2 is 1.73 bits per heavy atom. The van der Waals surface area contributed by atoms with E-state index in [1.165, 1.54) is 4.31 Å². The Balaban J connectivity index is 1.57. The van der Waals surface area contributed by atoms with E-state index in [0.29, 0.717) is 31.6 Å². The van der Waals surface area contributed by atoms with Crippen LogP contribution in [-0.2, 0) is 32.5 Å². The van der Waals surface area contributed by atoms with Crippen molar-refractivity contribution >= 4 is 33.3 Å². The molecule has 0 saturated carbocycles. The molecule has 1 N–H and O–H groups in total. The summed E-state index contributed by atoms with van der Waals surface area (Å²) in [5.74, 6) is -1.05. The van der Waals surface area contributed by atoms with Crippen LogP contribution in [0, 0.1) is 0 Å². The highest BCUT2D eigenvalue weighted by Gasteiger charge is 2.31. The number of sulfonamides is 1. The van der Waals surface area contributed by atoms with E-state index >= 15 is 0 Å². The van der Waals surface area contributed by atoms with Crippen LogP contribution in [0.25, 0.3) is 0 Å². The lowest BCUT2D eigenvalue weighted by molar-refractivity contribution is -0.137. The maximum absolute atomic E-state index is 13.4. The summed E-state index contributed by atoms with van der Waals surface area (Å²) in [6.45, 7) is 0.932. The molecule has 2 aliphatic rings. The fourth-order valence-corrected chi connectivity index (χ4v) is 5.79. The lowest BCUT2D eigenvalue weighted by Crippen LogP contribution is -2.35. The Hall–Kier alpha value is -2.87. The minimum atomic E-state index is -3.69. The van der Waals surface area contributed by atoms with Gasteiger partial charge in [-0.15, -0.1) is 0 Å². The Morgan fingerprint density at radius 1 is 0.933 bits per heavy atom. The summed E-state index contributed by atoms with van der Waals surface area (Å²) in [6.07, 6.45) is 2.64. The molecule has 7 nitrogen and oxygen atoms in total. The highest BCUT2D eigenvalue weighted by molar-refractivity contribution is 7.92. The van der Waals surface area contributed by atoms with E-state index in [2.05, 4.69) is 0 Å². The van der Waals surface area contributed by atoms with Crippen LogP contribution in [0.5, 0.6) is 0 Å². The van der Waals surface area contributed by atoms with Gasteiger partial charge in [-0.25, -0.2) is 8.42 Å². The predicted molar refractivity (Wildman–Crippen MR) is 113 cm³/mol. The molecule has 0 aliphatic carbocycles. The fraction of sp³-hybridized carbons (Fsp3) is 0.364. The maximum atomic E-state index is 13.4. The van der Waals surface area contributed by atoms with Crippen LogP contribution < -0.4 is 9.21 Å². The molecule has 0 unspecified atom stereocenters. The molecule has 4 rings (SSSR count). The van der Waals surface area contributed by atoms with Crippen LogP contribution in [-0.4, -0.2) is 38.5 Å². The first-order valence-electron chi connectivity index (χ1n) is 10.1. The molecule has 8 heteroatoms. The first-order chi connectivity index (χ1) is 14.4. The van der Waals surface area contributed by atoms with E-state index in [4.69, 9.17) is 5.11 Å². The smallest absolute Gasteiger partial charge is 0.303 e. The first-order valence-corrected chi connectivity index (χ1v) is 11.6. The van der Waals surface area contributed by atoms with Gasteiger partial charge in [-0.05, 0) is 61.1 Å². The van der Waals surface area contributed by atoms with Gasteiger partial charge in [0.25, 0.3) is 10.0 Å². The lowest BCUT2D eigenvalue weighted by atomic mass is 10.0. The minimum Gasteiger partial charge on any atom is -0.481 e. The number of nitrogens with zero attached hydrogens (tertiary/aromatic N) is 2. The molecule has 0 fully saturated rings. The van der Waals surface area contributed by atoms with E-state index in [1.807, 2.05) is 24.3 Å². The van der Waals surface area contributed by atoms with Gasteiger partial charge < -0.3 is 10.0 Å². The van der Waals surface area contributed by atoms with E-state index in [9.17, 15) is 18.0 Å². The number of aryl methyl sites for hydroxylation is 1.